The fourth-order valence-electron chi connectivity index (χ4n) is 1.03. The van der Waals surface area contributed by atoms with Crippen molar-refractivity contribution in [1.29, 1.82) is 0 Å². The maximum Gasteiger partial charge on any atom is 0.236 e. The lowest BCUT2D eigenvalue weighted by atomic mass is 10.1. The SMILES string of the molecule is C=C(CS(=O)(=O)Cl)c1ccccc1Cl. The minimum atomic E-state index is -3.57. The fourth-order valence-corrected chi connectivity index (χ4v) is 2.27. The van der Waals surface area contributed by atoms with Crippen molar-refractivity contribution in [3.8, 4) is 0 Å². The van der Waals surface area contributed by atoms with Gasteiger partial charge in [-0.3, -0.25) is 0 Å². The lowest BCUT2D eigenvalue weighted by Crippen LogP contribution is -1.99. The van der Waals surface area contributed by atoms with Crippen LogP contribution < -0.4 is 0 Å². The van der Waals surface area contributed by atoms with Gasteiger partial charge >= 0.3 is 0 Å². The molecule has 0 unspecified atom stereocenters. The third-order valence-corrected chi connectivity index (χ3v) is 2.95. The zero-order chi connectivity index (χ0) is 10.8. The Hall–Kier alpha value is -0.510. The summed E-state index contributed by atoms with van der Waals surface area (Å²) in [7, 11) is 1.52. The van der Waals surface area contributed by atoms with Gasteiger partial charge in [-0.1, -0.05) is 36.4 Å². The highest BCUT2D eigenvalue weighted by atomic mass is 35.7. The second-order valence-corrected chi connectivity index (χ2v) is 5.95. The van der Waals surface area contributed by atoms with E-state index < -0.39 is 9.05 Å². The monoisotopic (exact) mass is 250 g/mol. The van der Waals surface area contributed by atoms with Crippen molar-refractivity contribution in [3.63, 3.8) is 0 Å². The van der Waals surface area contributed by atoms with Crippen LogP contribution in [-0.2, 0) is 9.05 Å². The predicted molar refractivity (Wildman–Crippen MR) is 60.1 cm³/mol. The van der Waals surface area contributed by atoms with E-state index in [1.165, 1.54) is 0 Å². The second kappa shape index (κ2) is 4.34. The van der Waals surface area contributed by atoms with Gasteiger partial charge in [0.15, 0.2) is 0 Å². The lowest BCUT2D eigenvalue weighted by Gasteiger charge is -2.05. The van der Waals surface area contributed by atoms with E-state index in [0.717, 1.165) is 0 Å². The van der Waals surface area contributed by atoms with Crippen molar-refractivity contribution in [3.05, 3.63) is 41.4 Å². The molecule has 0 spiro atoms. The summed E-state index contributed by atoms with van der Waals surface area (Å²) in [5, 5.41) is 0.470. The smallest absolute Gasteiger partial charge is 0.212 e. The molecule has 1 rings (SSSR count). The molecule has 0 N–H and O–H groups in total. The molecule has 0 radical (unpaired) electrons. The molecule has 2 nitrogen and oxygen atoms in total. The Morgan fingerprint density at radius 2 is 1.93 bits per heavy atom. The van der Waals surface area contributed by atoms with Crippen LogP contribution >= 0.6 is 22.3 Å². The summed E-state index contributed by atoms with van der Waals surface area (Å²) >= 11 is 5.85. The van der Waals surface area contributed by atoms with Crippen LogP contribution in [0.15, 0.2) is 30.8 Å². The Kier molecular flexibility index (Phi) is 3.59. The Labute approximate surface area is 92.6 Å². The molecule has 0 aromatic heterocycles. The summed E-state index contributed by atoms with van der Waals surface area (Å²) in [4.78, 5) is 0. The first kappa shape index (κ1) is 11.6. The molecule has 0 aliphatic rings. The summed E-state index contributed by atoms with van der Waals surface area (Å²) in [6, 6.07) is 6.89. The first-order valence-corrected chi connectivity index (χ1v) is 6.61. The van der Waals surface area contributed by atoms with Crippen LogP contribution in [0.3, 0.4) is 0 Å². The first-order valence-electron chi connectivity index (χ1n) is 3.75. The topological polar surface area (TPSA) is 34.1 Å². The molecule has 0 saturated heterocycles. The van der Waals surface area contributed by atoms with Gasteiger partial charge in [0.1, 0.15) is 0 Å². The number of halogens is 2. The minimum absolute atomic E-state index is 0.293. The highest BCUT2D eigenvalue weighted by molar-refractivity contribution is 8.14. The molecule has 5 heteroatoms. The molecular formula is C9H8Cl2O2S. The van der Waals surface area contributed by atoms with E-state index in [-0.39, 0.29) is 5.75 Å². The highest BCUT2D eigenvalue weighted by Gasteiger charge is 2.11. The van der Waals surface area contributed by atoms with Crippen LogP contribution in [0.2, 0.25) is 5.02 Å². The molecule has 1 aromatic rings. The summed E-state index contributed by atoms with van der Waals surface area (Å²) in [5.74, 6) is -0.293. The molecule has 0 bridgehead atoms. The number of hydrogen-bond acceptors (Lipinski definition) is 2. The van der Waals surface area contributed by atoms with Crippen LogP contribution in [0.5, 0.6) is 0 Å². The molecule has 0 fully saturated rings. The Balaban J connectivity index is 2.97. The van der Waals surface area contributed by atoms with Crippen LogP contribution in [0.25, 0.3) is 5.57 Å². The number of benzene rings is 1. The van der Waals surface area contributed by atoms with Gasteiger partial charge in [-0.05, 0) is 17.2 Å². The maximum atomic E-state index is 10.8. The van der Waals surface area contributed by atoms with Gasteiger partial charge in [-0.25, -0.2) is 8.42 Å². The van der Waals surface area contributed by atoms with Crippen molar-refractivity contribution < 1.29 is 8.42 Å². The van der Waals surface area contributed by atoms with Gasteiger partial charge in [-0.15, -0.1) is 0 Å². The average Bonchev–Trinajstić information content (AvgIpc) is 2.01. The average molecular weight is 251 g/mol. The molecule has 0 saturated carbocycles. The summed E-state index contributed by atoms with van der Waals surface area (Å²) < 4.78 is 21.6. The van der Waals surface area contributed by atoms with E-state index in [0.29, 0.717) is 16.2 Å². The molecule has 0 aliphatic heterocycles. The van der Waals surface area contributed by atoms with Crippen LogP contribution in [0, 0.1) is 0 Å². The third kappa shape index (κ3) is 3.33. The van der Waals surface area contributed by atoms with Crippen molar-refractivity contribution in [2.24, 2.45) is 0 Å². The van der Waals surface area contributed by atoms with Gasteiger partial charge in [0.05, 0.1) is 5.75 Å². The Bertz CT molecular complexity index is 452. The molecule has 0 amide bonds. The van der Waals surface area contributed by atoms with E-state index in [1.54, 1.807) is 24.3 Å². The third-order valence-electron chi connectivity index (χ3n) is 1.60. The minimum Gasteiger partial charge on any atom is -0.212 e. The summed E-state index contributed by atoms with van der Waals surface area (Å²) in [5.41, 5.74) is 1.00. The van der Waals surface area contributed by atoms with Crippen molar-refractivity contribution in [1.82, 2.24) is 0 Å². The second-order valence-electron chi connectivity index (χ2n) is 2.77. The van der Waals surface area contributed by atoms with Crippen LogP contribution in [-0.4, -0.2) is 14.2 Å². The zero-order valence-electron chi connectivity index (χ0n) is 7.20. The molecule has 14 heavy (non-hydrogen) atoms. The number of hydrogen-bond donors (Lipinski definition) is 0. The van der Waals surface area contributed by atoms with E-state index in [1.807, 2.05) is 0 Å². The van der Waals surface area contributed by atoms with Crippen LogP contribution in [0.1, 0.15) is 5.56 Å². The normalized spacial score (nSPS) is 11.3. The Morgan fingerprint density at radius 1 is 1.36 bits per heavy atom. The highest BCUT2D eigenvalue weighted by Crippen LogP contribution is 2.23. The van der Waals surface area contributed by atoms with E-state index in [2.05, 4.69) is 6.58 Å². The van der Waals surface area contributed by atoms with Gasteiger partial charge < -0.3 is 0 Å². The zero-order valence-corrected chi connectivity index (χ0v) is 9.53. The largest absolute Gasteiger partial charge is 0.236 e. The molecular weight excluding hydrogens is 243 g/mol. The van der Waals surface area contributed by atoms with Gasteiger partial charge in [0.25, 0.3) is 0 Å². The lowest BCUT2D eigenvalue weighted by molar-refractivity contribution is 0.612. The Morgan fingerprint density at radius 3 is 2.43 bits per heavy atom. The van der Waals surface area contributed by atoms with E-state index >= 15 is 0 Å². The van der Waals surface area contributed by atoms with Crippen molar-refractivity contribution >= 4 is 36.9 Å². The predicted octanol–water partition coefficient (Wildman–Crippen LogP) is 2.92. The molecule has 76 valence electrons. The summed E-state index contributed by atoms with van der Waals surface area (Å²) in [6.07, 6.45) is 0. The molecule has 0 heterocycles. The van der Waals surface area contributed by atoms with E-state index in [4.69, 9.17) is 22.3 Å². The van der Waals surface area contributed by atoms with Crippen LogP contribution in [0.4, 0.5) is 0 Å². The summed E-state index contributed by atoms with van der Waals surface area (Å²) in [6.45, 7) is 3.62. The number of rotatable bonds is 3. The quantitative estimate of drug-likeness (QED) is 0.774. The van der Waals surface area contributed by atoms with Gasteiger partial charge in [-0.2, -0.15) is 0 Å². The molecule has 1 aromatic carbocycles. The molecule has 0 atom stereocenters. The van der Waals surface area contributed by atoms with Crippen molar-refractivity contribution in [2.45, 2.75) is 0 Å². The fraction of sp³-hybridized carbons (Fsp3) is 0.111. The standard InChI is InChI=1S/C9H8Cl2O2S/c1-7(6-14(11,12)13)8-4-2-3-5-9(8)10/h2-5H,1,6H2. The van der Waals surface area contributed by atoms with Crippen molar-refractivity contribution in [2.75, 3.05) is 5.75 Å². The molecule has 0 aliphatic carbocycles. The van der Waals surface area contributed by atoms with Gasteiger partial charge in [0, 0.05) is 15.7 Å². The maximum absolute atomic E-state index is 10.8. The van der Waals surface area contributed by atoms with Gasteiger partial charge in [0.2, 0.25) is 9.05 Å². The van der Waals surface area contributed by atoms with E-state index in [9.17, 15) is 8.42 Å². The first-order chi connectivity index (χ1) is 6.40.